The number of carbonyl (C=O) groups is 3. The van der Waals surface area contributed by atoms with Gasteiger partial charge in [0.05, 0.1) is 0 Å². The van der Waals surface area contributed by atoms with E-state index < -0.39 is 6.10 Å². The van der Waals surface area contributed by atoms with E-state index in [1.807, 2.05) is 19.1 Å². The lowest BCUT2D eigenvalue weighted by Gasteiger charge is -2.22. The Morgan fingerprint density at radius 1 is 1.03 bits per heavy atom. The van der Waals surface area contributed by atoms with E-state index in [1.165, 1.54) is 4.90 Å². The van der Waals surface area contributed by atoms with Crippen molar-refractivity contribution >= 4 is 23.4 Å². The molecule has 0 spiro atoms. The van der Waals surface area contributed by atoms with Gasteiger partial charge in [0, 0.05) is 50.6 Å². The lowest BCUT2D eigenvalue weighted by molar-refractivity contribution is -0.124. The number of hydrogen-bond donors (Lipinski definition) is 1. The third-order valence-corrected chi connectivity index (χ3v) is 5.25. The van der Waals surface area contributed by atoms with Gasteiger partial charge in [-0.15, -0.1) is 0 Å². The van der Waals surface area contributed by atoms with E-state index in [0.717, 1.165) is 12.0 Å². The number of nitrogens with zero attached hydrogens (tertiary/aromatic N) is 2. The van der Waals surface area contributed by atoms with E-state index in [-0.39, 0.29) is 17.7 Å². The average Bonchev–Trinajstić information content (AvgIpc) is 3.32. The van der Waals surface area contributed by atoms with Crippen LogP contribution in [0.25, 0.3) is 0 Å². The van der Waals surface area contributed by atoms with Gasteiger partial charge in [0.25, 0.3) is 17.7 Å². The molecule has 2 aromatic carbocycles. The highest BCUT2D eigenvalue weighted by Gasteiger charge is 2.24. The molecule has 2 aromatic rings. The van der Waals surface area contributed by atoms with Crippen LogP contribution in [-0.2, 0) is 16.1 Å². The second kappa shape index (κ2) is 10.2. The van der Waals surface area contributed by atoms with Crippen LogP contribution in [0.3, 0.4) is 0 Å². The molecule has 0 saturated carbocycles. The number of nitrogens with one attached hydrogen (secondary N) is 1. The van der Waals surface area contributed by atoms with Crippen LogP contribution in [0.15, 0.2) is 48.5 Å². The van der Waals surface area contributed by atoms with E-state index in [0.29, 0.717) is 42.9 Å². The van der Waals surface area contributed by atoms with Crippen LogP contribution in [0.4, 0.5) is 5.69 Å². The predicted molar refractivity (Wildman–Crippen MR) is 119 cm³/mol. The Labute approximate surface area is 183 Å². The van der Waals surface area contributed by atoms with Crippen LogP contribution in [-0.4, -0.2) is 60.9 Å². The number of hydrogen-bond acceptors (Lipinski definition) is 4. The van der Waals surface area contributed by atoms with Crippen LogP contribution in [0.1, 0.15) is 46.0 Å². The second-order valence-corrected chi connectivity index (χ2v) is 7.79. The molecule has 7 heteroatoms. The minimum absolute atomic E-state index is 0.0585. The maximum absolute atomic E-state index is 13.1. The first-order valence-corrected chi connectivity index (χ1v) is 10.5. The first-order chi connectivity index (χ1) is 14.9. The number of rotatable bonds is 7. The zero-order chi connectivity index (χ0) is 22.4. The maximum atomic E-state index is 13.1. The molecule has 0 bridgehead atoms. The van der Waals surface area contributed by atoms with Crippen LogP contribution in [0.2, 0.25) is 0 Å². The van der Waals surface area contributed by atoms with Gasteiger partial charge in [-0.25, -0.2) is 0 Å². The molecule has 3 rings (SSSR count). The first-order valence-electron chi connectivity index (χ1n) is 10.5. The van der Waals surface area contributed by atoms with E-state index in [1.54, 1.807) is 55.4 Å². The van der Waals surface area contributed by atoms with Gasteiger partial charge in [-0.1, -0.05) is 18.2 Å². The molecule has 0 aromatic heterocycles. The van der Waals surface area contributed by atoms with Gasteiger partial charge in [-0.2, -0.15) is 0 Å². The van der Waals surface area contributed by atoms with Crippen molar-refractivity contribution in [3.8, 4) is 0 Å². The van der Waals surface area contributed by atoms with E-state index in [2.05, 4.69) is 5.32 Å². The average molecular weight is 424 g/mol. The molecule has 0 aliphatic carbocycles. The summed E-state index contributed by atoms with van der Waals surface area (Å²) in [5, 5.41) is 2.84. The normalized spacial score (nSPS) is 15.4. The van der Waals surface area contributed by atoms with E-state index in [4.69, 9.17) is 4.74 Å². The molecule has 1 N–H and O–H groups in total. The van der Waals surface area contributed by atoms with Crippen LogP contribution in [0, 0.1) is 0 Å². The lowest BCUT2D eigenvalue weighted by Crippen LogP contribution is -2.30. The van der Waals surface area contributed by atoms with E-state index >= 15 is 0 Å². The molecule has 164 valence electrons. The van der Waals surface area contributed by atoms with Crippen molar-refractivity contribution in [1.82, 2.24) is 9.80 Å². The number of benzene rings is 2. The van der Waals surface area contributed by atoms with Crippen molar-refractivity contribution < 1.29 is 19.1 Å². The van der Waals surface area contributed by atoms with Gasteiger partial charge >= 0.3 is 0 Å². The highest BCUT2D eigenvalue weighted by molar-refractivity contribution is 5.98. The van der Waals surface area contributed by atoms with Gasteiger partial charge in [0.1, 0.15) is 6.10 Å². The zero-order valence-electron chi connectivity index (χ0n) is 18.3. The van der Waals surface area contributed by atoms with Gasteiger partial charge in [-0.05, 0) is 55.7 Å². The van der Waals surface area contributed by atoms with Crippen LogP contribution in [0.5, 0.6) is 0 Å². The fraction of sp³-hybridized carbons (Fsp3) is 0.375. The molecule has 7 nitrogen and oxygen atoms in total. The molecule has 1 unspecified atom stereocenters. The SMILES string of the molecule is CCN(Cc1ccc(C(=O)N(C)C)cc1)C(=O)c1cccc(NC(=O)C2CCCO2)c1. The second-order valence-electron chi connectivity index (χ2n) is 7.79. The number of ether oxygens (including phenoxy) is 1. The molecule has 1 fully saturated rings. The summed E-state index contributed by atoms with van der Waals surface area (Å²) in [5.74, 6) is -0.359. The summed E-state index contributed by atoms with van der Waals surface area (Å²) in [6, 6.07) is 14.2. The van der Waals surface area contributed by atoms with Crippen molar-refractivity contribution in [3.05, 3.63) is 65.2 Å². The molecule has 1 aliphatic rings. The zero-order valence-corrected chi connectivity index (χ0v) is 18.3. The van der Waals surface area contributed by atoms with Crippen molar-refractivity contribution in [2.45, 2.75) is 32.4 Å². The summed E-state index contributed by atoms with van der Waals surface area (Å²) in [6.07, 6.45) is 1.17. The predicted octanol–water partition coefficient (Wildman–Crippen LogP) is 3.17. The van der Waals surface area contributed by atoms with Crippen molar-refractivity contribution in [2.24, 2.45) is 0 Å². The monoisotopic (exact) mass is 423 g/mol. The fourth-order valence-corrected chi connectivity index (χ4v) is 3.48. The minimum atomic E-state index is -0.422. The Morgan fingerprint density at radius 3 is 2.39 bits per heavy atom. The Morgan fingerprint density at radius 2 is 1.77 bits per heavy atom. The van der Waals surface area contributed by atoms with Crippen LogP contribution >= 0.6 is 0 Å². The van der Waals surface area contributed by atoms with Crippen molar-refractivity contribution in [2.75, 3.05) is 32.6 Å². The lowest BCUT2D eigenvalue weighted by atomic mass is 10.1. The van der Waals surface area contributed by atoms with Gasteiger partial charge < -0.3 is 19.9 Å². The van der Waals surface area contributed by atoms with Gasteiger partial charge in [0.15, 0.2) is 0 Å². The Bertz CT molecular complexity index is 934. The maximum Gasteiger partial charge on any atom is 0.254 e. The molecule has 1 heterocycles. The molecule has 0 radical (unpaired) electrons. The number of amides is 3. The molecule has 1 atom stereocenters. The molecule has 1 saturated heterocycles. The molecular formula is C24H29N3O4. The number of carbonyl (C=O) groups excluding carboxylic acids is 3. The fourth-order valence-electron chi connectivity index (χ4n) is 3.48. The van der Waals surface area contributed by atoms with Gasteiger partial charge in [-0.3, -0.25) is 14.4 Å². The molecule has 1 aliphatic heterocycles. The molecular weight excluding hydrogens is 394 g/mol. The minimum Gasteiger partial charge on any atom is -0.368 e. The largest absolute Gasteiger partial charge is 0.368 e. The van der Waals surface area contributed by atoms with Crippen LogP contribution < -0.4 is 5.32 Å². The highest BCUT2D eigenvalue weighted by Crippen LogP contribution is 2.18. The van der Waals surface area contributed by atoms with E-state index in [9.17, 15) is 14.4 Å². The first kappa shape index (κ1) is 22.5. The smallest absolute Gasteiger partial charge is 0.254 e. The third-order valence-electron chi connectivity index (χ3n) is 5.25. The Kier molecular flexibility index (Phi) is 7.41. The summed E-state index contributed by atoms with van der Waals surface area (Å²) in [6.45, 7) is 3.49. The number of anilines is 1. The topological polar surface area (TPSA) is 79.0 Å². The molecule has 3 amide bonds. The Balaban J connectivity index is 1.67. The summed E-state index contributed by atoms with van der Waals surface area (Å²) >= 11 is 0. The third kappa shape index (κ3) is 5.70. The summed E-state index contributed by atoms with van der Waals surface area (Å²) in [7, 11) is 3.43. The standard InChI is InChI=1S/C24H29N3O4/c1-4-27(16-17-10-12-18(13-11-17)23(29)26(2)3)24(30)19-7-5-8-20(15-19)25-22(28)21-9-6-14-31-21/h5,7-8,10-13,15,21H,4,6,9,14,16H2,1-3H3,(H,25,28). The summed E-state index contributed by atoms with van der Waals surface area (Å²) in [4.78, 5) is 40.7. The van der Waals surface area contributed by atoms with Crippen molar-refractivity contribution in [1.29, 1.82) is 0 Å². The molecule has 31 heavy (non-hydrogen) atoms. The van der Waals surface area contributed by atoms with Gasteiger partial charge in [0.2, 0.25) is 0 Å². The summed E-state index contributed by atoms with van der Waals surface area (Å²) in [5.41, 5.74) is 2.63. The quantitative estimate of drug-likeness (QED) is 0.742. The Hall–Kier alpha value is -3.19. The summed E-state index contributed by atoms with van der Waals surface area (Å²) < 4.78 is 5.41. The highest BCUT2D eigenvalue weighted by atomic mass is 16.5. The van der Waals surface area contributed by atoms with Crippen molar-refractivity contribution in [3.63, 3.8) is 0 Å².